The maximum atomic E-state index is 15.6. The minimum Gasteiger partial charge on any atom is -0.591 e. The number of carbonyl (C=O) groups excluding carboxylic acids is 2. The summed E-state index contributed by atoms with van der Waals surface area (Å²) in [5.74, 6) is -9.45. The van der Waals surface area contributed by atoms with Crippen LogP contribution in [-0.2, 0) is 53.1 Å². The van der Waals surface area contributed by atoms with Gasteiger partial charge in [0.25, 0.3) is 11.3 Å². The molecule has 2 aromatic carbocycles. The highest BCUT2D eigenvalue weighted by molar-refractivity contribution is 8.00. The summed E-state index contributed by atoms with van der Waals surface area (Å²) in [5.41, 5.74) is -1.94. The fourth-order valence-electron chi connectivity index (χ4n) is 7.72. The van der Waals surface area contributed by atoms with E-state index in [1.807, 2.05) is 0 Å². The lowest BCUT2D eigenvalue weighted by molar-refractivity contribution is -0.143. The number of nitrogens with zero attached hydrogens (tertiary/aromatic N) is 6. The third kappa shape index (κ3) is 6.50. The summed E-state index contributed by atoms with van der Waals surface area (Å²) in [6, 6.07) is 6.02. The number of hydrogen-bond acceptors (Lipinski definition) is 8. The third-order valence-electron chi connectivity index (χ3n) is 10.6. The van der Waals surface area contributed by atoms with Crippen LogP contribution in [0.15, 0.2) is 36.4 Å². The molecular weight excluding hydrogens is 807 g/mol. The molecule has 8 rings (SSSR count). The molecule has 1 unspecified atom stereocenters. The molecule has 5 atom stereocenters. The van der Waals surface area contributed by atoms with Gasteiger partial charge in [-0.25, -0.2) is 13.8 Å². The van der Waals surface area contributed by atoms with Crippen LogP contribution in [0, 0.1) is 17.6 Å². The van der Waals surface area contributed by atoms with E-state index in [1.54, 1.807) is 36.5 Å². The molecule has 1 aliphatic carbocycles. The van der Waals surface area contributed by atoms with Crippen LogP contribution in [0.25, 0.3) is 22.0 Å². The standard InChI is InChI=1S/C36H31ClF7N9O3S/c1-14-15(2)35(40,41)32-27(14)31(36(42,43)44)49-52(32)13-26(55)46-23(9-17-7-18(38)10-19(39)8-17)29-21(11-24-33(48-29)45-12-25(54)47-24)20-5-6-22(37)28-30(20)51(4)50-34(28)53-16(3)57(53)56/h5-8,10-11,14-16,23H,9,12-13H2,1-4H3,(H,45,48)(H,46,55)(H,47,54)/t14-,15+,16-,23-,53?,57?/m0/s1. The van der Waals surface area contributed by atoms with Gasteiger partial charge in [-0.15, -0.1) is 9.40 Å². The summed E-state index contributed by atoms with van der Waals surface area (Å²) in [6.45, 7) is 2.81. The highest BCUT2D eigenvalue weighted by Gasteiger charge is 2.58. The zero-order valence-corrected chi connectivity index (χ0v) is 31.8. The van der Waals surface area contributed by atoms with Gasteiger partial charge in [0.1, 0.15) is 35.2 Å². The van der Waals surface area contributed by atoms with Crippen LogP contribution >= 0.6 is 11.6 Å². The fourth-order valence-corrected chi connectivity index (χ4v) is 8.90. The van der Waals surface area contributed by atoms with Crippen molar-refractivity contribution in [2.24, 2.45) is 13.0 Å². The summed E-state index contributed by atoms with van der Waals surface area (Å²) in [6.07, 6.45) is -5.47. The highest BCUT2D eigenvalue weighted by atomic mass is 35.5. The molecule has 1 saturated heterocycles. The average Bonchev–Trinajstić information content (AvgIpc) is 3.38. The van der Waals surface area contributed by atoms with Gasteiger partial charge in [-0.1, -0.05) is 31.5 Å². The molecule has 0 spiro atoms. The number of rotatable bonds is 8. The Bertz CT molecular complexity index is 2480. The minimum absolute atomic E-state index is 0.0279. The van der Waals surface area contributed by atoms with Gasteiger partial charge >= 0.3 is 6.18 Å². The lowest BCUT2D eigenvalue weighted by Crippen LogP contribution is -2.36. The molecule has 57 heavy (non-hydrogen) atoms. The first kappa shape index (κ1) is 38.8. The summed E-state index contributed by atoms with van der Waals surface area (Å²) >= 11 is 5.34. The molecule has 1 fully saturated rings. The lowest BCUT2D eigenvalue weighted by Gasteiger charge is -2.26. The van der Waals surface area contributed by atoms with Crippen molar-refractivity contribution in [3.8, 4) is 11.1 Å². The Kier molecular flexibility index (Phi) is 9.19. The first-order valence-electron chi connectivity index (χ1n) is 17.5. The van der Waals surface area contributed by atoms with E-state index in [1.165, 1.54) is 11.6 Å². The number of hydrogen-bond donors (Lipinski definition) is 3. The Labute approximate surface area is 327 Å². The van der Waals surface area contributed by atoms with Crippen molar-refractivity contribution >= 4 is 63.0 Å². The number of aryl methyl sites for hydroxylation is 1. The molecular formula is C36H31ClF7N9O3S. The average molecular weight is 838 g/mol. The van der Waals surface area contributed by atoms with Gasteiger partial charge in [0.15, 0.2) is 11.5 Å². The molecule has 3 aliphatic rings. The van der Waals surface area contributed by atoms with E-state index in [4.69, 9.17) is 16.6 Å². The summed E-state index contributed by atoms with van der Waals surface area (Å²) in [7, 11) is 1.61. The molecule has 0 saturated carbocycles. The number of aromatic nitrogens is 5. The monoisotopic (exact) mass is 837 g/mol. The second kappa shape index (κ2) is 13.5. The van der Waals surface area contributed by atoms with Crippen molar-refractivity contribution in [3.05, 3.63) is 81.3 Å². The summed E-state index contributed by atoms with van der Waals surface area (Å²) < 4.78 is 119. The Balaban J connectivity index is 1.28. The molecule has 3 N–H and O–H groups in total. The molecule has 21 heteroatoms. The molecule has 12 nitrogen and oxygen atoms in total. The van der Waals surface area contributed by atoms with Crippen LogP contribution in [0.4, 0.5) is 48.1 Å². The predicted octanol–water partition coefficient (Wildman–Crippen LogP) is 6.92. The maximum absolute atomic E-state index is 15.6. The molecule has 2 amide bonds. The first-order chi connectivity index (χ1) is 26.8. The Hall–Kier alpha value is -5.08. The molecule has 5 heterocycles. The van der Waals surface area contributed by atoms with Gasteiger partial charge < -0.3 is 20.5 Å². The number of fused-ring (bicyclic) bond motifs is 3. The van der Waals surface area contributed by atoms with Crippen LogP contribution in [0.1, 0.15) is 60.9 Å². The van der Waals surface area contributed by atoms with E-state index >= 15 is 8.78 Å². The zero-order valence-electron chi connectivity index (χ0n) is 30.2. The molecule has 2 aliphatic heterocycles. The number of halogens is 8. The van der Waals surface area contributed by atoms with Crippen LogP contribution < -0.4 is 20.3 Å². The van der Waals surface area contributed by atoms with E-state index in [2.05, 4.69) is 26.1 Å². The molecule has 300 valence electrons. The largest absolute Gasteiger partial charge is 0.591 e. The van der Waals surface area contributed by atoms with Crippen LogP contribution in [0.5, 0.6) is 0 Å². The maximum Gasteiger partial charge on any atom is 0.435 e. The van der Waals surface area contributed by atoms with Gasteiger partial charge in [0.2, 0.25) is 17.6 Å². The van der Waals surface area contributed by atoms with E-state index in [-0.39, 0.29) is 51.7 Å². The number of anilines is 3. The Morgan fingerprint density at radius 3 is 2.44 bits per heavy atom. The number of benzene rings is 2. The van der Waals surface area contributed by atoms with Gasteiger partial charge in [0.05, 0.1) is 39.9 Å². The Morgan fingerprint density at radius 2 is 1.79 bits per heavy atom. The number of nitrogens with one attached hydrogen (secondary N) is 3. The van der Waals surface area contributed by atoms with E-state index in [0.29, 0.717) is 33.0 Å². The minimum atomic E-state index is -5.10. The first-order valence-corrected chi connectivity index (χ1v) is 19.1. The smallest absolute Gasteiger partial charge is 0.435 e. The van der Waals surface area contributed by atoms with Gasteiger partial charge in [0, 0.05) is 42.6 Å². The number of alkyl halides is 5. The van der Waals surface area contributed by atoms with Crippen LogP contribution in [0.3, 0.4) is 0 Å². The summed E-state index contributed by atoms with van der Waals surface area (Å²) in [5, 5.41) is 16.6. The molecule has 0 radical (unpaired) electrons. The second-order valence-corrected chi connectivity index (χ2v) is 16.3. The van der Waals surface area contributed by atoms with Crippen molar-refractivity contribution in [2.75, 3.05) is 21.5 Å². The molecule has 0 bridgehead atoms. The van der Waals surface area contributed by atoms with Crippen molar-refractivity contribution in [1.82, 2.24) is 29.9 Å². The number of pyridine rings is 1. The summed E-state index contributed by atoms with van der Waals surface area (Å²) in [4.78, 5) is 31.2. The molecule has 5 aromatic rings. The van der Waals surface area contributed by atoms with Crippen molar-refractivity contribution in [3.63, 3.8) is 0 Å². The topological polar surface area (TPSA) is 145 Å². The normalized spacial score (nSPS) is 21.6. The van der Waals surface area contributed by atoms with Crippen molar-refractivity contribution in [2.45, 2.75) is 63.2 Å². The highest BCUT2D eigenvalue weighted by Crippen LogP contribution is 2.55. The second-order valence-electron chi connectivity index (χ2n) is 14.3. The van der Waals surface area contributed by atoms with Crippen molar-refractivity contribution < 1.29 is 44.9 Å². The lowest BCUT2D eigenvalue weighted by atomic mass is 9.93. The predicted molar refractivity (Wildman–Crippen MR) is 196 cm³/mol. The van der Waals surface area contributed by atoms with Gasteiger partial charge in [-0.3, -0.25) is 19.0 Å². The van der Waals surface area contributed by atoms with Crippen LogP contribution in [-0.4, -0.2) is 52.8 Å². The van der Waals surface area contributed by atoms with Gasteiger partial charge in [-0.05, 0) is 42.2 Å². The van der Waals surface area contributed by atoms with Crippen molar-refractivity contribution in [1.29, 1.82) is 0 Å². The van der Waals surface area contributed by atoms with E-state index < -0.39 is 88.3 Å². The fraction of sp³-hybridized carbons (Fsp3) is 0.361. The number of amides is 2. The number of carbonyl (C=O) groups is 2. The SMILES string of the molecule is C[C@@H]1c2c(C(F)(F)F)nn(CC(=O)N[C@@H](Cc3cc(F)cc(F)c3)c3nc4c(cc3-c3ccc(Cl)c5c(N6[C@H](C)[S+]6[O-])nn(C)c35)NC(=O)CN4)c2C(F)(F)[C@@H]1C. The Morgan fingerprint density at radius 1 is 1.11 bits per heavy atom. The van der Waals surface area contributed by atoms with Crippen LogP contribution in [0.2, 0.25) is 5.02 Å². The van der Waals surface area contributed by atoms with Gasteiger partial charge in [-0.2, -0.15) is 27.1 Å². The third-order valence-corrected chi connectivity index (χ3v) is 12.4. The van der Waals surface area contributed by atoms with E-state index in [9.17, 15) is 36.1 Å². The van der Waals surface area contributed by atoms with E-state index in [0.717, 1.165) is 19.1 Å². The quantitative estimate of drug-likeness (QED) is 0.0869. The molecule has 3 aromatic heterocycles. The zero-order chi connectivity index (χ0) is 41.0.